The third-order valence-corrected chi connectivity index (χ3v) is 4.92. The van der Waals surface area contributed by atoms with Gasteiger partial charge in [0.05, 0.1) is 18.7 Å². The van der Waals surface area contributed by atoms with Gasteiger partial charge in [0.1, 0.15) is 0 Å². The van der Waals surface area contributed by atoms with Gasteiger partial charge in [0.2, 0.25) is 5.91 Å². The molecule has 1 saturated carbocycles. The van der Waals surface area contributed by atoms with Crippen molar-refractivity contribution in [2.45, 2.75) is 44.2 Å². The van der Waals surface area contributed by atoms with Crippen LogP contribution in [0.4, 0.5) is 0 Å². The maximum atomic E-state index is 12.4. The van der Waals surface area contributed by atoms with Crippen LogP contribution < -0.4 is 5.32 Å². The van der Waals surface area contributed by atoms with Crippen molar-refractivity contribution in [1.82, 2.24) is 30.2 Å². The van der Waals surface area contributed by atoms with E-state index in [1.54, 1.807) is 23.3 Å². The molecule has 0 radical (unpaired) electrons. The molecule has 2 aromatic heterocycles. The lowest BCUT2D eigenvalue weighted by molar-refractivity contribution is -0.131. The normalized spacial score (nSPS) is 17.9. The van der Waals surface area contributed by atoms with Crippen molar-refractivity contribution in [3.63, 3.8) is 0 Å². The van der Waals surface area contributed by atoms with Gasteiger partial charge in [0.15, 0.2) is 5.69 Å². The number of rotatable bonds is 5. The van der Waals surface area contributed by atoms with E-state index in [-0.39, 0.29) is 17.9 Å². The molecule has 2 aliphatic rings. The Morgan fingerprint density at radius 3 is 2.69 bits per heavy atom. The Morgan fingerprint density at radius 2 is 2.00 bits per heavy atom. The molecule has 2 fully saturated rings. The summed E-state index contributed by atoms with van der Waals surface area (Å²) in [4.78, 5) is 30.4. The smallest absolute Gasteiger partial charge is 0.273 e. The Morgan fingerprint density at radius 1 is 1.19 bits per heavy atom. The first-order valence-electron chi connectivity index (χ1n) is 9.08. The molecule has 0 aromatic carbocycles. The van der Waals surface area contributed by atoms with Crippen molar-refractivity contribution in [1.29, 1.82) is 0 Å². The van der Waals surface area contributed by atoms with Gasteiger partial charge < -0.3 is 10.2 Å². The zero-order valence-corrected chi connectivity index (χ0v) is 14.5. The largest absolute Gasteiger partial charge is 0.348 e. The molecule has 4 rings (SSSR count). The van der Waals surface area contributed by atoms with E-state index in [0.717, 1.165) is 31.2 Å². The second-order valence-corrected chi connectivity index (χ2v) is 6.98. The first-order valence-corrected chi connectivity index (χ1v) is 9.08. The van der Waals surface area contributed by atoms with Crippen molar-refractivity contribution in [3.8, 4) is 0 Å². The van der Waals surface area contributed by atoms with Gasteiger partial charge in [-0.15, -0.1) is 5.10 Å². The zero-order valence-electron chi connectivity index (χ0n) is 14.5. The highest BCUT2D eigenvalue weighted by Gasteiger charge is 2.27. The fourth-order valence-electron chi connectivity index (χ4n) is 3.22. The summed E-state index contributed by atoms with van der Waals surface area (Å²) in [6.07, 6.45) is 9.25. The topological polar surface area (TPSA) is 93.0 Å². The van der Waals surface area contributed by atoms with Gasteiger partial charge in [0.25, 0.3) is 5.91 Å². The molecular weight excluding hydrogens is 332 g/mol. The second-order valence-electron chi connectivity index (χ2n) is 6.98. The van der Waals surface area contributed by atoms with Crippen LogP contribution in [-0.2, 0) is 11.2 Å². The number of hydrogen-bond donors (Lipinski definition) is 1. The Balaban J connectivity index is 1.30. The molecule has 8 nitrogen and oxygen atoms in total. The molecule has 1 saturated heterocycles. The summed E-state index contributed by atoms with van der Waals surface area (Å²) in [5, 5.41) is 11.0. The number of pyridine rings is 1. The molecule has 26 heavy (non-hydrogen) atoms. The van der Waals surface area contributed by atoms with E-state index < -0.39 is 0 Å². The van der Waals surface area contributed by atoms with Crippen molar-refractivity contribution < 1.29 is 9.59 Å². The second kappa shape index (κ2) is 7.23. The molecule has 0 spiro atoms. The summed E-state index contributed by atoms with van der Waals surface area (Å²) < 4.78 is 1.77. The number of likely N-dealkylation sites (tertiary alicyclic amines) is 1. The van der Waals surface area contributed by atoms with Crippen LogP contribution in [0.2, 0.25) is 0 Å². The lowest BCUT2D eigenvalue weighted by Crippen LogP contribution is -2.40. The molecule has 136 valence electrons. The molecule has 0 unspecified atom stereocenters. The third kappa shape index (κ3) is 3.89. The van der Waals surface area contributed by atoms with Crippen LogP contribution in [0.1, 0.15) is 47.8 Å². The summed E-state index contributed by atoms with van der Waals surface area (Å²) >= 11 is 0. The third-order valence-electron chi connectivity index (χ3n) is 4.92. The van der Waals surface area contributed by atoms with Gasteiger partial charge in [-0.25, -0.2) is 4.68 Å². The minimum absolute atomic E-state index is 0.125. The van der Waals surface area contributed by atoms with Crippen LogP contribution in [0.25, 0.3) is 0 Å². The van der Waals surface area contributed by atoms with Gasteiger partial charge in [-0.3, -0.25) is 14.6 Å². The number of nitrogens with zero attached hydrogens (tertiary/aromatic N) is 5. The van der Waals surface area contributed by atoms with Crippen LogP contribution >= 0.6 is 0 Å². The number of nitrogens with one attached hydrogen (secondary N) is 1. The number of piperidine rings is 1. The monoisotopic (exact) mass is 354 g/mol. The van der Waals surface area contributed by atoms with Crippen molar-refractivity contribution in [2.24, 2.45) is 0 Å². The van der Waals surface area contributed by atoms with Crippen molar-refractivity contribution in [2.75, 3.05) is 13.1 Å². The lowest BCUT2D eigenvalue weighted by Gasteiger charge is -2.31. The van der Waals surface area contributed by atoms with Gasteiger partial charge >= 0.3 is 0 Å². The molecule has 3 heterocycles. The van der Waals surface area contributed by atoms with Crippen LogP contribution in [0.15, 0.2) is 30.7 Å². The highest BCUT2D eigenvalue weighted by atomic mass is 16.2. The molecule has 0 bridgehead atoms. The molecule has 1 aliphatic heterocycles. The number of carbonyl (C=O) groups is 2. The zero-order chi connectivity index (χ0) is 17.9. The average molecular weight is 354 g/mol. The predicted octanol–water partition coefficient (Wildman–Crippen LogP) is 0.971. The molecule has 2 amide bonds. The maximum Gasteiger partial charge on any atom is 0.273 e. The number of hydrogen-bond acceptors (Lipinski definition) is 5. The highest BCUT2D eigenvalue weighted by molar-refractivity contribution is 5.92. The van der Waals surface area contributed by atoms with E-state index in [0.29, 0.717) is 31.2 Å². The standard InChI is InChI=1S/C18H22N6O2/c25-17(10-13-2-1-7-19-11-13)23-8-5-15(6-9-23)24-12-16(21-22-24)18(26)20-14-3-4-14/h1-2,7,11-12,14-15H,3-6,8-10H2,(H,20,26). The molecule has 1 aliphatic carbocycles. The van der Waals surface area contributed by atoms with Gasteiger partial charge in [-0.1, -0.05) is 11.3 Å². The average Bonchev–Trinajstić information content (AvgIpc) is 3.34. The predicted molar refractivity (Wildman–Crippen MR) is 93.3 cm³/mol. The number of carbonyl (C=O) groups excluding carboxylic acids is 2. The Hall–Kier alpha value is -2.77. The summed E-state index contributed by atoms with van der Waals surface area (Å²) in [7, 11) is 0. The molecule has 8 heteroatoms. The minimum Gasteiger partial charge on any atom is -0.348 e. The van der Waals surface area contributed by atoms with E-state index in [9.17, 15) is 9.59 Å². The van der Waals surface area contributed by atoms with E-state index in [1.807, 2.05) is 17.0 Å². The highest BCUT2D eigenvalue weighted by Crippen LogP contribution is 2.23. The first-order chi connectivity index (χ1) is 12.7. The molecule has 1 N–H and O–H groups in total. The molecular formula is C18H22N6O2. The van der Waals surface area contributed by atoms with E-state index in [4.69, 9.17) is 0 Å². The van der Waals surface area contributed by atoms with Gasteiger partial charge in [-0.2, -0.15) is 0 Å². The molecule has 0 atom stereocenters. The van der Waals surface area contributed by atoms with Crippen molar-refractivity contribution >= 4 is 11.8 Å². The summed E-state index contributed by atoms with van der Waals surface area (Å²) in [5.74, 6) is -0.0256. The fraction of sp³-hybridized carbons (Fsp3) is 0.500. The van der Waals surface area contributed by atoms with Crippen molar-refractivity contribution in [3.05, 3.63) is 42.0 Å². The van der Waals surface area contributed by atoms with E-state index in [1.165, 1.54) is 0 Å². The van der Waals surface area contributed by atoms with Crippen LogP contribution in [0.5, 0.6) is 0 Å². The van der Waals surface area contributed by atoms with Gasteiger partial charge in [0, 0.05) is 31.5 Å². The Bertz CT molecular complexity index is 778. The maximum absolute atomic E-state index is 12.4. The lowest BCUT2D eigenvalue weighted by atomic mass is 10.0. The summed E-state index contributed by atoms with van der Waals surface area (Å²) in [5.41, 5.74) is 1.30. The minimum atomic E-state index is -0.150. The summed E-state index contributed by atoms with van der Waals surface area (Å²) in [6, 6.07) is 4.24. The van der Waals surface area contributed by atoms with E-state index in [2.05, 4.69) is 20.6 Å². The van der Waals surface area contributed by atoms with Crippen LogP contribution in [0.3, 0.4) is 0 Å². The Kier molecular flexibility index (Phi) is 4.64. The fourth-order valence-corrected chi connectivity index (χ4v) is 3.22. The number of aromatic nitrogens is 4. The summed E-state index contributed by atoms with van der Waals surface area (Å²) in [6.45, 7) is 1.38. The first kappa shape index (κ1) is 16.7. The Labute approximate surface area is 151 Å². The quantitative estimate of drug-likeness (QED) is 0.864. The molecule has 2 aromatic rings. The van der Waals surface area contributed by atoms with Crippen LogP contribution in [-0.4, -0.2) is 55.8 Å². The van der Waals surface area contributed by atoms with Crippen LogP contribution in [0, 0.1) is 0 Å². The van der Waals surface area contributed by atoms with Gasteiger partial charge in [-0.05, 0) is 37.3 Å². The number of amides is 2. The van der Waals surface area contributed by atoms with E-state index >= 15 is 0 Å². The SMILES string of the molecule is O=C(NC1CC1)c1cn(C2CCN(C(=O)Cc3cccnc3)CC2)nn1.